The quantitative estimate of drug-likeness (QED) is 0.917. The maximum atomic E-state index is 11.2. The van der Waals surface area contributed by atoms with Crippen LogP contribution in [0.25, 0.3) is 0 Å². The second-order valence-corrected chi connectivity index (χ2v) is 4.06. The molecule has 0 unspecified atom stereocenters. The molecule has 0 saturated carbocycles. The van der Waals surface area contributed by atoms with E-state index in [1.54, 1.807) is 13.0 Å². The number of carbonyl (C=O) groups is 1. The first-order chi connectivity index (χ1) is 10.0. The molecule has 0 amide bonds. The smallest absolute Gasteiger partial charge is 0.339 e. The van der Waals surface area contributed by atoms with Crippen molar-refractivity contribution in [3.05, 3.63) is 41.2 Å². The van der Waals surface area contributed by atoms with Crippen LogP contribution in [-0.2, 0) is 0 Å². The largest absolute Gasteiger partial charge is 0.497 e. The number of nitriles is 1. The molecule has 0 atom stereocenters. The molecule has 21 heavy (non-hydrogen) atoms. The summed E-state index contributed by atoms with van der Waals surface area (Å²) in [5, 5.41) is 18.0. The molecular weight excluding hydrogens is 274 g/mol. The van der Waals surface area contributed by atoms with Gasteiger partial charge in [-0.05, 0) is 31.2 Å². The van der Waals surface area contributed by atoms with E-state index >= 15 is 0 Å². The molecule has 1 aromatic carbocycles. The van der Waals surface area contributed by atoms with Gasteiger partial charge in [-0.2, -0.15) is 10.2 Å². The molecule has 2 rings (SSSR count). The molecule has 0 spiro atoms. The number of nitrogens with zero attached hydrogens (tertiary/aromatic N) is 3. The molecule has 0 fully saturated rings. The third-order valence-corrected chi connectivity index (χ3v) is 2.57. The first-order valence-corrected chi connectivity index (χ1v) is 5.88. The summed E-state index contributed by atoms with van der Waals surface area (Å²) in [6, 6.07) is 7.63. The summed E-state index contributed by atoms with van der Waals surface area (Å²) in [6.45, 7) is 1.68. The maximum Gasteiger partial charge on any atom is 0.339 e. The first kappa shape index (κ1) is 14.3. The van der Waals surface area contributed by atoms with Gasteiger partial charge < -0.3 is 14.6 Å². The molecule has 7 nitrogen and oxygen atoms in total. The second kappa shape index (κ2) is 5.88. The van der Waals surface area contributed by atoms with E-state index in [9.17, 15) is 9.90 Å². The Morgan fingerprint density at radius 1 is 1.33 bits per heavy atom. The van der Waals surface area contributed by atoms with Crippen molar-refractivity contribution in [3.63, 3.8) is 0 Å². The zero-order valence-electron chi connectivity index (χ0n) is 11.3. The minimum absolute atomic E-state index is 0.0674. The van der Waals surface area contributed by atoms with Crippen LogP contribution in [0, 0.1) is 18.3 Å². The molecule has 0 aliphatic carbocycles. The molecule has 0 aliphatic rings. The van der Waals surface area contributed by atoms with Crippen molar-refractivity contribution in [2.24, 2.45) is 0 Å². The molecule has 106 valence electrons. The molecule has 0 aliphatic heterocycles. The highest BCUT2D eigenvalue weighted by Crippen LogP contribution is 2.27. The van der Waals surface area contributed by atoms with Crippen molar-refractivity contribution in [1.29, 1.82) is 5.26 Å². The van der Waals surface area contributed by atoms with Crippen LogP contribution in [0.15, 0.2) is 24.3 Å². The molecule has 2 aromatic rings. The molecule has 7 heteroatoms. The normalized spacial score (nSPS) is 9.76. The van der Waals surface area contributed by atoms with E-state index in [1.807, 2.05) is 6.07 Å². The number of methoxy groups -OCH3 is 1. The zero-order valence-corrected chi connectivity index (χ0v) is 11.3. The topological polar surface area (TPSA) is 105 Å². The van der Waals surface area contributed by atoms with Gasteiger partial charge in [0.25, 0.3) is 0 Å². The highest BCUT2D eigenvalue weighted by Gasteiger charge is 2.15. The number of carboxylic acid groups (broad SMARTS) is 1. The van der Waals surface area contributed by atoms with Crippen LogP contribution in [0.3, 0.4) is 0 Å². The number of aryl methyl sites for hydroxylation is 1. The summed E-state index contributed by atoms with van der Waals surface area (Å²) in [6.07, 6.45) is 0. The van der Waals surface area contributed by atoms with Gasteiger partial charge in [0.15, 0.2) is 0 Å². The van der Waals surface area contributed by atoms with Crippen molar-refractivity contribution in [3.8, 4) is 23.6 Å². The number of ether oxygens (including phenoxy) is 2. The summed E-state index contributed by atoms with van der Waals surface area (Å²) in [5.41, 5.74) is 0.600. The Morgan fingerprint density at radius 3 is 2.71 bits per heavy atom. The average molecular weight is 285 g/mol. The lowest BCUT2D eigenvalue weighted by atomic mass is 10.2. The molecule has 0 bridgehead atoms. The number of hydrogen-bond donors (Lipinski definition) is 1. The molecule has 0 saturated heterocycles. The van der Waals surface area contributed by atoms with E-state index in [0.29, 0.717) is 11.4 Å². The summed E-state index contributed by atoms with van der Waals surface area (Å²) in [7, 11) is 1.43. The van der Waals surface area contributed by atoms with Gasteiger partial charge in [0.05, 0.1) is 7.11 Å². The first-order valence-electron chi connectivity index (χ1n) is 5.88. The third-order valence-electron chi connectivity index (χ3n) is 2.57. The summed E-state index contributed by atoms with van der Waals surface area (Å²) >= 11 is 0. The van der Waals surface area contributed by atoms with Crippen molar-refractivity contribution in [2.75, 3.05) is 7.11 Å². The molecular formula is C14H11N3O4. The Morgan fingerprint density at radius 2 is 2.10 bits per heavy atom. The number of aromatic carboxylic acids is 1. The average Bonchev–Trinajstić information content (AvgIpc) is 2.46. The Kier molecular flexibility index (Phi) is 4.00. The predicted molar refractivity (Wildman–Crippen MR) is 71.5 cm³/mol. The third kappa shape index (κ3) is 3.25. The van der Waals surface area contributed by atoms with Crippen LogP contribution >= 0.6 is 0 Å². The van der Waals surface area contributed by atoms with E-state index in [0.717, 1.165) is 0 Å². The fraction of sp³-hybridized carbons (Fsp3) is 0.143. The number of carboxylic acids is 1. The number of benzene rings is 1. The lowest BCUT2D eigenvalue weighted by Gasteiger charge is -2.09. The fourth-order valence-corrected chi connectivity index (χ4v) is 1.63. The minimum Gasteiger partial charge on any atom is -0.497 e. The molecule has 1 N–H and O–H groups in total. The van der Waals surface area contributed by atoms with Crippen molar-refractivity contribution < 1.29 is 19.4 Å². The SMILES string of the molecule is COc1ccc(Oc2nc(C)cc(C#N)n2)c(C(=O)O)c1. The van der Waals surface area contributed by atoms with Crippen LogP contribution in [0.1, 0.15) is 21.7 Å². The predicted octanol–water partition coefficient (Wildman–Crippen LogP) is 2.16. The van der Waals surface area contributed by atoms with E-state index in [4.69, 9.17) is 14.7 Å². The van der Waals surface area contributed by atoms with Gasteiger partial charge in [0.1, 0.15) is 28.8 Å². The summed E-state index contributed by atoms with van der Waals surface area (Å²) < 4.78 is 10.4. The van der Waals surface area contributed by atoms with Crippen LogP contribution in [0.5, 0.6) is 17.5 Å². The van der Waals surface area contributed by atoms with E-state index < -0.39 is 5.97 Å². The summed E-state index contributed by atoms with van der Waals surface area (Å²) in [5.74, 6) is -0.711. The van der Waals surface area contributed by atoms with E-state index in [-0.39, 0.29) is 23.0 Å². The van der Waals surface area contributed by atoms with E-state index in [2.05, 4.69) is 9.97 Å². The number of aromatic nitrogens is 2. The van der Waals surface area contributed by atoms with E-state index in [1.165, 1.54) is 25.3 Å². The van der Waals surface area contributed by atoms with Crippen LogP contribution in [0.4, 0.5) is 0 Å². The van der Waals surface area contributed by atoms with Crippen molar-refractivity contribution in [1.82, 2.24) is 9.97 Å². The lowest BCUT2D eigenvalue weighted by Crippen LogP contribution is -2.03. The Balaban J connectivity index is 2.42. The van der Waals surface area contributed by atoms with Gasteiger partial charge in [-0.15, -0.1) is 0 Å². The fourth-order valence-electron chi connectivity index (χ4n) is 1.63. The van der Waals surface area contributed by atoms with Gasteiger partial charge in [0.2, 0.25) is 0 Å². The van der Waals surface area contributed by atoms with Crippen molar-refractivity contribution in [2.45, 2.75) is 6.92 Å². The van der Waals surface area contributed by atoms with Gasteiger partial charge in [0, 0.05) is 5.69 Å². The van der Waals surface area contributed by atoms with Crippen LogP contribution < -0.4 is 9.47 Å². The molecule has 1 heterocycles. The van der Waals surface area contributed by atoms with Crippen molar-refractivity contribution >= 4 is 5.97 Å². The number of rotatable bonds is 4. The Bertz CT molecular complexity index is 737. The highest BCUT2D eigenvalue weighted by atomic mass is 16.5. The van der Waals surface area contributed by atoms with Gasteiger partial charge in [-0.3, -0.25) is 0 Å². The Hall–Kier alpha value is -3.14. The Labute approximate surface area is 120 Å². The van der Waals surface area contributed by atoms with Crippen LogP contribution in [0.2, 0.25) is 0 Å². The second-order valence-electron chi connectivity index (χ2n) is 4.06. The highest BCUT2D eigenvalue weighted by molar-refractivity contribution is 5.91. The van der Waals surface area contributed by atoms with Gasteiger partial charge >= 0.3 is 12.0 Å². The minimum atomic E-state index is -1.17. The monoisotopic (exact) mass is 285 g/mol. The maximum absolute atomic E-state index is 11.2. The lowest BCUT2D eigenvalue weighted by molar-refractivity contribution is 0.0693. The zero-order chi connectivity index (χ0) is 15.4. The number of hydrogen-bond acceptors (Lipinski definition) is 6. The summed E-state index contributed by atoms with van der Waals surface area (Å²) in [4.78, 5) is 19.1. The van der Waals surface area contributed by atoms with Gasteiger partial charge in [-0.1, -0.05) is 0 Å². The molecule has 1 aromatic heterocycles. The molecule has 0 radical (unpaired) electrons. The standard InChI is InChI=1S/C14H11N3O4/c1-8-5-9(7-15)17-14(16-8)21-12-4-3-10(20-2)6-11(12)13(18)19/h3-6H,1-2H3,(H,18,19). The van der Waals surface area contributed by atoms with Crippen LogP contribution in [-0.4, -0.2) is 28.2 Å². The van der Waals surface area contributed by atoms with Gasteiger partial charge in [-0.25, -0.2) is 9.78 Å².